The molecule has 1 aromatic heterocycles. The highest BCUT2D eigenvalue weighted by molar-refractivity contribution is 5.95. The molecule has 1 amide bonds. The van der Waals surface area contributed by atoms with Gasteiger partial charge in [0.15, 0.2) is 0 Å². The Hall–Kier alpha value is -2.31. The number of aromatic nitrogens is 2. The van der Waals surface area contributed by atoms with Gasteiger partial charge in [-0.25, -0.2) is 0 Å². The van der Waals surface area contributed by atoms with E-state index in [0.29, 0.717) is 24.6 Å². The van der Waals surface area contributed by atoms with Crippen LogP contribution >= 0.6 is 0 Å². The SMILES string of the molecule is CCN(C(=O)c1cccc(-c2ccc(C(C)C)nn2)c1)[C@H]1COC[C@@H]1O. The molecular weight excluding hydrogens is 330 g/mol. The number of benzene rings is 1. The zero-order valence-corrected chi connectivity index (χ0v) is 15.4. The molecule has 1 aliphatic heterocycles. The zero-order chi connectivity index (χ0) is 18.7. The minimum atomic E-state index is -0.642. The molecule has 2 aromatic rings. The van der Waals surface area contributed by atoms with Crippen molar-refractivity contribution in [1.29, 1.82) is 0 Å². The van der Waals surface area contributed by atoms with Crippen LogP contribution in [0, 0.1) is 0 Å². The maximum Gasteiger partial charge on any atom is 0.254 e. The van der Waals surface area contributed by atoms with Crippen LogP contribution in [0.2, 0.25) is 0 Å². The third-order valence-corrected chi connectivity index (χ3v) is 4.71. The normalized spacial score (nSPS) is 19.7. The molecule has 1 fully saturated rings. The molecule has 0 saturated carbocycles. The lowest BCUT2D eigenvalue weighted by molar-refractivity contribution is 0.0520. The third-order valence-electron chi connectivity index (χ3n) is 4.71. The van der Waals surface area contributed by atoms with E-state index in [-0.39, 0.29) is 18.6 Å². The fourth-order valence-electron chi connectivity index (χ4n) is 3.14. The molecule has 1 aromatic carbocycles. The van der Waals surface area contributed by atoms with Crippen LogP contribution in [-0.4, -0.2) is 58.0 Å². The highest BCUT2D eigenvalue weighted by atomic mass is 16.5. The average molecular weight is 355 g/mol. The molecule has 6 heteroatoms. The van der Waals surface area contributed by atoms with Gasteiger partial charge in [0, 0.05) is 17.7 Å². The molecule has 2 atom stereocenters. The van der Waals surface area contributed by atoms with Gasteiger partial charge >= 0.3 is 0 Å². The average Bonchev–Trinajstić information content (AvgIpc) is 3.08. The third kappa shape index (κ3) is 3.76. The van der Waals surface area contributed by atoms with Gasteiger partial charge in [0.1, 0.15) is 0 Å². The molecule has 0 aliphatic carbocycles. The fraction of sp³-hybridized carbons (Fsp3) is 0.450. The molecule has 26 heavy (non-hydrogen) atoms. The number of carbonyl (C=O) groups is 1. The van der Waals surface area contributed by atoms with Gasteiger partial charge in [-0.15, -0.1) is 0 Å². The predicted molar refractivity (Wildman–Crippen MR) is 98.9 cm³/mol. The number of hydrogen-bond donors (Lipinski definition) is 1. The van der Waals surface area contributed by atoms with E-state index in [1.54, 1.807) is 11.0 Å². The number of aliphatic hydroxyl groups is 1. The standard InChI is InChI=1S/C20H25N3O3/c1-4-23(18-11-26-12-19(18)24)20(25)15-7-5-6-14(10-15)17-9-8-16(13(2)3)21-22-17/h5-10,13,18-19,24H,4,11-12H2,1-3H3/t18-,19-/m0/s1. The first kappa shape index (κ1) is 18.5. The van der Waals surface area contributed by atoms with Crippen LogP contribution < -0.4 is 0 Å². The Morgan fingerprint density at radius 1 is 1.27 bits per heavy atom. The van der Waals surface area contributed by atoms with Gasteiger partial charge in [0.2, 0.25) is 0 Å². The summed E-state index contributed by atoms with van der Waals surface area (Å²) in [7, 11) is 0. The van der Waals surface area contributed by atoms with Gasteiger partial charge in [0.05, 0.1) is 36.7 Å². The van der Waals surface area contributed by atoms with Crippen molar-refractivity contribution in [2.45, 2.75) is 38.8 Å². The van der Waals surface area contributed by atoms with Crippen LogP contribution in [0.25, 0.3) is 11.3 Å². The van der Waals surface area contributed by atoms with Crippen LogP contribution in [0.4, 0.5) is 0 Å². The second-order valence-corrected chi connectivity index (χ2v) is 6.84. The van der Waals surface area contributed by atoms with Crippen molar-refractivity contribution in [3.63, 3.8) is 0 Å². The van der Waals surface area contributed by atoms with Gasteiger partial charge in [-0.3, -0.25) is 4.79 Å². The van der Waals surface area contributed by atoms with Crippen molar-refractivity contribution >= 4 is 5.91 Å². The van der Waals surface area contributed by atoms with Gasteiger partial charge in [0.25, 0.3) is 5.91 Å². The van der Waals surface area contributed by atoms with Crippen LogP contribution in [0.15, 0.2) is 36.4 Å². The zero-order valence-electron chi connectivity index (χ0n) is 15.4. The van der Waals surface area contributed by atoms with Crippen LogP contribution in [-0.2, 0) is 4.74 Å². The summed E-state index contributed by atoms with van der Waals surface area (Å²) in [5, 5.41) is 18.6. The predicted octanol–water partition coefficient (Wildman–Crippen LogP) is 2.49. The van der Waals surface area contributed by atoms with E-state index in [4.69, 9.17) is 4.74 Å². The van der Waals surface area contributed by atoms with E-state index >= 15 is 0 Å². The van der Waals surface area contributed by atoms with E-state index in [0.717, 1.165) is 17.0 Å². The first-order chi connectivity index (χ1) is 12.5. The van der Waals surface area contributed by atoms with Crippen LogP contribution in [0.3, 0.4) is 0 Å². The summed E-state index contributed by atoms with van der Waals surface area (Å²) in [5.74, 6) is 0.207. The monoisotopic (exact) mass is 355 g/mol. The number of ether oxygens (including phenoxy) is 1. The maximum atomic E-state index is 13.0. The molecular formula is C20H25N3O3. The lowest BCUT2D eigenvalue weighted by Gasteiger charge is -2.29. The van der Waals surface area contributed by atoms with Crippen molar-refractivity contribution in [1.82, 2.24) is 15.1 Å². The Bertz CT molecular complexity index is 761. The first-order valence-corrected chi connectivity index (χ1v) is 9.02. The smallest absolute Gasteiger partial charge is 0.254 e. The van der Waals surface area contributed by atoms with E-state index < -0.39 is 6.10 Å². The molecule has 2 heterocycles. The molecule has 138 valence electrons. The van der Waals surface area contributed by atoms with E-state index in [9.17, 15) is 9.90 Å². The number of likely N-dealkylation sites (N-methyl/N-ethyl adjacent to an activating group) is 1. The number of aliphatic hydroxyl groups excluding tert-OH is 1. The molecule has 0 spiro atoms. The fourth-order valence-corrected chi connectivity index (χ4v) is 3.14. The van der Waals surface area contributed by atoms with Crippen molar-refractivity contribution in [3.8, 4) is 11.3 Å². The summed E-state index contributed by atoms with van der Waals surface area (Å²) >= 11 is 0. The molecule has 1 aliphatic rings. The summed E-state index contributed by atoms with van der Waals surface area (Å²) in [4.78, 5) is 14.6. The Labute approximate surface area is 153 Å². The number of hydrogen-bond acceptors (Lipinski definition) is 5. The summed E-state index contributed by atoms with van der Waals surface area (Å²) in [6.07, 6.45) is -0.642. The molecule has 1 saturated heterocycles. The topological polar surface area (TPSA) is 75.6 Å². The maximum absolute atomic E-state index is 13.0. The van der Waals surface area contributed by atoms with Crippen molar-refractivity contribution in [2.75, 3.05) is 19.8 Å². The first-order valence-electron chi connectivity index (χ1n) is 9.02. The number of rotatable bonds is 5. The Balaban J connectivity index is 1.85. The molecule has 1 N–H and O–H groups in total. The number of nitrogens with zero attached hydrogens (tertiary/aromatic N) is 3. The second-order valence-electron chi connectivity index (χ2n) is 6.84. The lowest BCUT2D eigenvalue weighted by atomic mass is 10.0. The van der Waals surface area contributed by atoms with E-state index in [1.165, 1.54) is 0 Å². The Kier molecular flexibility index (Phi) is 5.64. The van der Waals surface area contributed by atoms with Gasteiger partial charge in [-0.05, 0) is 37.1 Å². The molecule has 0 unspecified atom stereocenters. The summed E-state index contributed by atoms with van der Waals surface area (Å²) < 4.78 is 5.30. The van der Waals surface area contributed by atoms with E-state index in [2.05, 4.69) is 24.0 Å². The highest BCUT2D eigenvalue weighted by Gasteiger charge is 2.34. The number of amides is 1. The summed E-state index contributed by atoms with van der Waals surface area (Å²) in [6, 6.07) is 11.0. The second kappa shape index (κ2) is 7.93. The van der Waals surface area contributed by atoms with Crippen LogP contribution in [0.1, 0.15) is 42.7 Å². The van der Waals surface area contributed by atoms with Gasteiger partial charge < -0.3 is 14.7 Å². The molecule has 6 nitrogen and oxygen atoms in total. The molecule has 3 rings (SSSR count). The Morgan fingerprint density at radius 2 is 2.08 bits per heavy atom. The molecule has 0 bridgehead atoms. The molecule has 0 radical (unpaired) electrons. The quantitative estimate of drug-likeness (QED) is 0.892. The lowest BCUT2D eigenvalue weighted by Crippen LogP contribution is -2.46. The van der Waals surface area contributed by atoms with Crippen molar-refractivity contribution in [3.05, 3.63) is 47.7 Å². The van der Waals surface area contributed by atoms with Gasteiger partial charge in [-0.1, -0.05) is 26.0 Å². The van der Waals surface area contributed by atoms with Crippen molar-refractivity contribution in [2.24, 2.45) is 0 Å². The summed E-state index contributed by atoms with van der Waals surface area (Å²) in [5.41, 5.74) is 3.08. The minimum absolute atomic E-state index is 0.115. The van der Waals surface area contributed by atoms with Gasteiger partial charge in [-0.2, -0.15) is 10.2 Å². The largest absolute Gasteiger partial charge is 0.388 e. The minimum Gasteiger partial charge on any atom is -0.388 e. The Morgan fingerprint density at radius 3 is 2.65 bits per heavy atom. The van der Waals surface area contributed by atoms with Crippen LogP contribution in [0.5, 0.6) is 0 Å². The van der Waals surface area contributed by atoms with E-state index in [1.807, 2.05) is 37.3 Å². The number of carbonyl (C=O) groups excluding carboxylic acids is 1. The van der Waals surface area contributed by atoms with Crippen molar-refractivity contribution < 1.29 is 14.6 Å². The summed E-state index contributed by atoms with van der Waals surface area (Å²) in [6.45, 7) is 7.20. The highest BCUT2D eigenvalue weighted by Crippen LogP contribution is 2.22.